The van der Waals surface area contributed by atoms with Crippen molar-refractivity contribution in [1.29, 1.82) is 0 Å². The number of esters is 1. The molecule has 1 amide bonds. The van der Waals surface area contributed by atoms with Crippen molar-refractivity contribution in [2.45, 2.75) is 18.9 Å². The third-order valence-electron chi connectivity index (χ3n) is 5.33. The first-order chi connectivity index (χ1) is 16.4. The summed E-state index contributed by atoms with van der Waals surface area (Å²) >= 11 is 0. The summed E-state index contributed by atoms with van der Waals surface area (Å²) in [5, 5.41) is 3.14. The summed E-state index contributed by atoms with van der Waals surface area (Å²) < 4.78 is 20.1. The molecular formula is C26H22FN3O4. The van der Waals surface area contributed by atoms with Gasteiger partial charge in [0.15, 0.2) is 0 Å². The van der Waals surface area contributed by atoms with E-state index in [9.17, 15) is 18.8 Å². The van der Waals surface area contributed by atoms with E-state index < -0.39 is 23.8 Å². The van der Waals surface area contributed by atoms with Crippen molar-refractivity contribution in [3.63, 3.8) is 0 Å². The van der Waals surface area contributed by atoms with Gasteiger partial charge in [-0.15, -0.1) is 0 Å². The number of hydrogen-bond acceptors (Lipinski definition) is 5. The van der Waals surface area contributed by atoms with Gasteiger partial charge in [-0.2, -0.15) is 0 Å². The lowest BCUT2D eigenvalue weighted by Gasteiger charge is -2.18. The second kappa shape index (κ2) is 10.1. The van der Waals surface area contributed by atoms with Crippen LogP contribution in [0.3, 0.4) is 0 Å². The van der Waals surface area contributed by atoms with Crippen LogP contribution in [0.25, 0.3) is 10.9 Å². The number of nitrogens with one attached hydrogen (secondary N) is 1. The molecule has 0 bridgehead atoms. The zero-order chi connectivity index (χ0) is 24.1. The molecule has 34 heavy (non-hydrogen) atoms. The maximum Gasteiger partial charge on any atom is 0.307 e. The molecule has 1 N–H and O–H groups in total. The minimum atomic E-state index is -1.20. The van der Waals surface area contributed by atoms with Gasteiger partial charge in [0.05, 0.1) is 17.3 Å². The number of halogens is 1. The average molecular weight is 459 g/mol. The molecule has 1 unspecified atom stereocenters. The number of hydrogen-bond donors (Lipinski definition) is 1. The van der Waals surface area contributed by atoms with Crippen LogP contribution in [-0.4, -0.2) is 21.4 Å². The summed E-state index contributed by atoms with van der Waals surface area (Å²) in [6.45, 7) is 0. The highest BCUT2D eigenvalue weighted by Crippen LogP contribution is 2.21. The second-order valence-corrected chi connectivity index (χ2v) is 7.69. The first-order valence-electron chi connectivity index (χ1n) is 10.7. The lowest BCUT2D eigenvalue weighted by Crippen LogP contribution is -2.27. The third-order valence-corrected chi connectivity index (χ3v) is 5.33. The number of ether oxygens (including phenoxy) is 1. The highest BCUT2D eigenvalue weighted by Gasteiger charge is 2.25. The smallest absolute Gasteiger partial charge is 0.307 e. The number of carbonyl (C=O) groups is 2. The Morgan fingerprint density at radius 3 is 2.41 bits per heavy atom. The second-order valence-electron chi connectivity index (χ2n) is 7.69. The molecule has 4 rings (SSSR count). The Hall–Kier alpha value is -4.33. The molecule has 0 aliphatic rings. The SMILES string of the molecule is Cn1c(CCC(=O)OC(C(=O)Nc2ccc(F)cc2)c2ccccc2)nc2ccccc2c1=O. The Labute approximate surface area is 194 Å². The van der Waals surface area contributed by atoms with Gasteiger partial charge in [0.25, 0.3) is 11.5 Å². The minimum absolute atomic E-state index is 0.0776. The first-order valence-corrected chi connectivity index (χ1v) is 10.7. The fourth-order valence-electron chi connectivity index (χ4n) is 3.53. The van der Waals surface area contributed by atoms with E-state index in [2.05, 4.69) is 10.3 Å². The first kappa shape index (κ1) is 22.8. The lowest BCUT2D eigenvalue weighted by molar-refractivity contribution is -0.154. The van der Waals surface area contributed by atoms with Crippen LogP contribution in [0.1, 0.15) is 23.9 Å². The number of anilines is 1. The molecule has 0 saturated carbocycles. The summed E-state index contributed by atoms with van der Waals surface area (Å²) in [4.78, 5) is 42.7. The number of benzene rings is 3. The largest absolute Gasteiger partial charge is 0.447 e. The maximum atomic E-state index is 13.2. The quantitative estimate of drug-likeness (QED) is 0.423. The van der Waals surface area contributed by atoms with Crippen molar-refractivity contribution in [2.75, 3.05) is 5.32 Å². The molecule has 7 nitrogen and oxygen atoms in total. The highest BCUT2D eigenvalue weighted by atomic mass is 19.1. The number of fused-ring (bicyclic) bond motifs is 1. The van der Waals surface area contributed by atoms with Crippen molar-refractivity contribution in [3.05, 3.63) is 106 Å². The van der Waals surface area contributed by atoms with Crippen LogP contribution in [0.5, 0.6) is 0 Å². The molecule has 172 valence electrons. The summed E-state index contributed by atoms with van der Waals surface area (Å²) in [5.74, 6) is -1.18. The Balaban J connectivity index is 1.49. The van der Waals surface area contributed by atoms with E-state index in [1.807, 2.05) is 0 Å². The lowest BCUT2D eigenvalue weighted by atomic mass is 10.1. The zero-order valence-corrected chi connectivity index (χ0v) is 18.4. The fraction of sp³-hybridized carbons (Fsp3) is 0.154. The minimum Gasteiger partial charge on any atom is -0.447 e. The van der Waals surface area contributed by atoms with Crippen molar-refractivity contribution < 1.29 is 18.7 Å². The van der Waals surface area contributed by atoms with Gasteiger partial charge in [-0.1, -0.05) is 42.5 Å². The Kier molecular flexibility index (Phi) is 6.77. The molecule has 1 heterocycles. The topological polar surface area (TPSA) is 90.3 Å². The Bertz CT molecular complexity index is 1390. The third kappa shape index (κ3) is 5.17. The summed E-state index contributed by atoms with van der Waals surface area (Å²) in [7, 11) is 1.60. The van der Waals surface area contributed by atoms with E-state index in [1.165, 1.54) is 28.8 Å². The molecule has 0 spiro atoms. The molecule has 1 atom stereocenters. The fourth-order valence-corrected chi connectivity index (χ4v) is 3.53. The van der Waals surface area contributed by atoms with Gasteiger partial charge in [-0.3, -0.25) is 19.0 Å². The summed E-state index contributed by atoms with van der Waals surface area (Å²) in [6.07, 6.45) is -1.12. The van der Waals surface area contributed by atoms with Crippen LogP contribution < -0.4 is 10.9 Å². The molecule has 3 aromatic carbocycles. The molecule has 0 aliphatic heterocycles. The van der Waals surface area contributed by atoms with E-state index >= 15 is 0 Å². The molecule has 1 aromatic heterocycles. The number of para-hydroxylation sites is 1. The molecular weight excluding hydrogens is 437 g/mol. The van der Waals surface area contributed by atoms with Gasteiger partial charge in [0, 0.05) is 24.7 Å². The predicted molar refractivity (Wildman–Crippen MR) is 126 cm³/mol. The number of aromatic nitrogens is 2. The summed E-state index contributed by atoms with van der Waals surface area (Å²) in [6, 6.07) is 20.9. The maximum absolute atomic E-state index is 13.2. The highest BCUT2D eigenvalue weighted by molar-refractivity contribution is 5.96. The molecule has 8 heteroatoms. The van der Waals surface area contributed by atoms with Crippen LogP contribution in [0, 0.1) is 5.82 Å². The number of carbonyl (C=O) groups excluding carboxylic acids is 2. The van der Waals surface area contributed by atoms with E-state index in [0.717, 1.165) is 0 Å². The van der Waals surface area contributed by atoms with E-state index in [-0.39, 0.29) is 18.4 Å². The van der Waals surface area contributed by atoms with E-state index in [1.54, 1.807) is 61.6 Å². The monoisotopic (exact) mass is 459 g/mol. The van der Waals surface area contributed by atoms with Crippen LogP contribution in [0.4, 0.5) is 10.1 Å². The van der Waals surface area contributed by atoms with Gasteiger partial charge < -0.3 is 10.1 Å². The van der Waals surface area contributed by atoms with Crippen molar-refractivity contribution >= 4 is 28.5 Å². The predicted octanol–water partition coefficient (Wildman–Crippen LogP) is 3.93. The number of rotatable bonds is 7. The van der Waals surface area contributed by atoms with Gasteiger partial charge in [0.1, 0.15) is 11.6 Å². The number of amides is 1. The molecule has 4 aromatic rings. The summed E-state index contributed by atoms with van der Waals surface area (Å²) in [5.41, 5.74) is 1.22. The zero-order valence-electron chi connectivity index (χ0n) is 18.4. The van der Waals surface area contributed by atoms with E-state index in [0.29, 0.717) is 28.0 Å². The van der Waals surface area contributed by atoms with Crippen LogP contribution in [0.2, 0.25) is 0 Å². The van der Waals surface area contributed by atoms with E-state index in [4.69, 9.17) is 4.74 Å². The number of nitrogens with zero attached hydrogens (tertiary/aromatic N) is 2. The Morgan fingerprint density at radius 1 is 1.00 bits per heavy atom. The molecule has 0 radical (unpaired) electrons. The average Bonchev–Trinajstić information content (AvgIpc) is 2.85. The Morgan fingerprint density at radius 2 is 1.68 bits per heavy atom. The standard InChI is InChI=1S/C26H22FN3O4/c1-30-22(29-21-10-6-5-9-20(21)26(30)33)15-16-23(31)34-24(17-7-3-2-4-8-17)25(32)28-19-13-11-18(27)12-14-19/h2-14,24H,15-16H2,1H3,(H,28,32). The van der Waals surface area contributed by atoms with Gasteiger partial charge in [0.2, 0.25) is 6.10 Å². The van der Waals surface area contributed by atoms with Crippen molar-refractivity contribution in [3.8, 4) is 0 Å². The normalized spacial score (nSPS) is 11.7. The van der Waals surface area contributed by atoms with Crippen molar-refractivity contribution in [1.82, 2.24) is 9.55 Å². The van der Waals surface area contributed by atoms with Gasteiger partial charge in [-0.25, -0.2) is 9.37 Å². The molecule has 0 saturated heterocycles. The van der Waals surface area contributed by atoms with Gasteiger partial charge in [-0.05, 0) is 36.4 Å². The number of aryl methyl sites for hydroxylation is 1. The molecule has 0 fully saturated rings. The van der Waals surface area contributed by atoms with Gasteiger partial charge >= 0.3 is 5.97 Å². The molecule has 0 aliphatic carbocycles. The van der Waals surface area contributed by atoms with Crippen molar-refractivity contribution in [2.24, 2.45) is 7.05 Å². The van der Waals surface area contributed by atoms with Crippen LogP contribution >= 0.6 is 0 Å². The van der Waals surface area contributed by atoms with Crippen LogP contribution in [0.15, 0.2) is 83.7 Å². The van der Waals surface area contributed by atoms with Crippen LogP contribution in [-0.2, 0) is 27.8 Å².